The molecule has 2 aromatic carbocycles. The van der Waals surface area contributed by atoms with Gasteiger partial charge < -0.3 is 10.2 Å². The number of rotatable bonds is 5. The second-order valence-corrected chi connectivity index (χ2v) is 9.19. The average Bonchev–Trinajstić information content (AvgIpc) is 3.08. The third kappa shape index (κ3) is 4.14. The molecule has 144 valence electrons. The molecule has 7 heteroatoms. The van der Waals surface area contributed by atoms with Crippen LogP contribution in [0.1, 0.15) is 6.42 Å². The topological polar surface area (TPSA) is 75.2 Å². The highest BCUT2D eigenvalue weighted by atomic mass is 32.2. The van der Waals surface area contributed by atoms with Gasteiger partial charge in [-0.05, 0) is 18.6 Å². The highest BCUT2D eigenvalue weighted by molar-refractivity contribution is 7.91. The Morgan fingerprint density at radius 3 is 2.32 bits per heavy atom. The summed E-state index contributed by atoms with van der Waals surface area (Å²) in [5, 5.41) is 3.32. The number of anilines is 3. The number of aromatic nitrogens is 2. The van der Waals surface area contributed by atoms with Crippen LogP contribution in [0.25, 0.3) is 11.4 Å². The first-order chi connectivity index (χ1) is 13.5. The number of nitrogens with zero attached hydrogens (tertiary/aromatic N) is 3. The van der Waals surface area contributed by atoms with E-state index in [-0.39, 0.29) is 17.5 Å². The van der Waals surface area contributed by atoms with Gasteiger partial charge in [0.1, 0.15) is 11.6 Å². The van der Waals surface area contributed by atoms with Crippen molar-refractivity contribution in [3.8, 4) is 11.4 Å². The van der Waals surface area contributed by atoms with E-state index in [0.717, 1.165) is 11.3 Å². The largest absolute Gasteiger partial charge is 0.355 e. The summed E-state index contributed by atoms with van der Waals surface area (Å²) >= 11 is 0. The van der Waals surface area contributed by atoms with Crippen molar-refractivity contribution in [2.75, 3.05) is 28.8 Å². The molecule has 1 fully saturated rings. The Labute approximate surface area is 165 Å². The first-order valence-electron chi connectivity index (χ1n) is 9.20. The van der Waals surface area contributed by atoms with Gasteiger partial charge >= 0.3 is 0 Å². The highest BCUT2D eigenvalue weighted by Gasteiger charge is 2.31. The van der Waals surface area contributed by atoms with Gasteiger partial charge in [-0.25, -0.2) is 18.4 Å². The lowest BCUT2D eigenvalue weighted by Gasteiger charge is -2.25. The van der Waals surface area contributed by atoms with E-state index in [1.54, 1.807) is 0 Å². The summed E-state index contributed by atoms with van der Waals surface area (Å²) in [6, 6.07) is 21.4. The summed E-state index contributed by atoms with van der Waals surface area (Å²) in [6.07, 6.45) is 0.616. The van der Waals surface area contributed by atoms with E-state index < -0.39 is 9.84 Å². The van der Waals surface area contributed by atoms with Crippen LogP contribution < -0.4 is 10.2 Å². The maximum Gasteiger partial charge on any atom is 0.163 e. The van der Waals surface area contributed by atoms with Crippen LogP contribution in [0.3, 0.4) is 0 Å². The minimum Gasteiger partial charge on any atom is -0.355 e. The predicted octanol–water partition coefficient (Wildman–Crippen LogP) is 3.51. The van der Waals surface area contributed by atoms with Gasteiger partial charge in [0.25, 0.3) is 0 Å². The molecule has 1 aromatic heterocycles. The molecule has 28 heavy (non-hydrogen) atoms. The van der Waals surface area contributed by atoms with Crippen LogP contribution in [0, 0.1) is 0 Å². The summed E-state index contributed by atoms with van der Waals surface area (Å²) in [5.74, 6) is 2.37. The van der Waals surface area contributed by atoms with E-state index in [2.05, 4.69) is 10.3 Å². The fraction of sp³-hybridized carbons (Fsp3) is 0.238. The van der Waals surface area contributed by atoms with Crippen molar-refractivity contribution in [2.45, 2.75) is 12.5 Å². The molecule has 4 rings (SSSR count). The Kier molecular flexibility index (Phi) is 5.00. The quantitative estimate of drug-likeness (QED) is 0.714. The molecule has 3 aromatic rings. The minimum absolute atomic E-state index is 0.0758. The molecule has 0 aliphatic carbocycles. The summed E-state index contributed by atoms with van der Waals surface area (Å²) in [6.45, 7) is 0. The first kappa shape index (κ1) is 18.4. The molecule has 1 atom stereocenters. The van der Waals surface area contributed by atoms with Crippen molar-refractivity contribution < 1.29 is 8.42 Å². The van der Waals surface area contributed by atoms with Gasteiger partial charge in [0.15, 0.2) is 15.7 Å². The number of hydrogen-bond donors (Lipinski definition) is 1. The van der Waals surface area contributed by atoms with Gasteiger partial charge in [0.05, 0.1) is 11.5 Å². The summed E-state index contributed by atoms with van der Waals surface area (Å²) < 4.78 is 23.8. The standard InChI is InChI=1S/C21H22N4O2S/c1-25(18-12-13-28(26,27)15-18)20-14-19(22-17-10-6-3-7-11-17)23-21(24-20)16-8-4-2-5-9-16/h2-11,14,18H,12-13,15H2,1H3,(H,22,23,24). The molecule has 1 aliphatic rings. The third-order valence-corrected chi connectivity index (χ3v) is 6.66. The minimum atomic E-state index is -2.97. The zero-order valence-electron chi connectivity index (χ0n) is 15.6. The molecular weight excluding hydrogens is 372 g/mol. The third-order valence-electron chi connectivity index (χ3n) is 4.91. The summed E-state index contributed by atoms with van der Waals surface area (Å²) in [5.41, 5.74) is 1.84. The highest BCUT2D eigenvalue weighted by Crippen LogP contribution is 2.27. The second kappa shape index (κ2) is 7.59. The first-order valence-corrected chi connectivity index (χ1v) is 11.0. The van der Waals surface area contributed by atoms with Gasteiger partial charge in [-0.15, -0.1) is 0 Å². The zero-order chi connectivity index (χ0) is 19.6. The van der Waals surface area contributed by atoms with E-state index in [9.17, 15) is 8.42 Å². The van der Waals surface area contributed by atoms with E-state index in [1.165, 1.54) is 0 Å². The molecule has 6 nitrogen and oxygen atoms in total. The van der Waals surface area contributed by atoms with Crippen molar-refractivity contribution in [2.24, 2.45) is 0 Å². The number of sulfone groups is 1. The van der Waals surface area contributed by atoms with Gasteiger partial charge in [-0.1, -0.05) is 48.5 Å². The van der Waals surface area contributed by atoms with Gasteiger partial charge in [0.2, 0.25) is 0 Å². The molecule has 0 radical (unpaired) electrons. The maximum atomic E-state index is 11.9. The molecule has 0 spiro atoms. The van der Waals surface area contributed by atoms with E-state index >= 15 is 0 Å². The van der Waals surface area contributed by atoms with Crippen LogP contribution in [0.15, 0.2) is 66.7 Å². The van der Waals surface area contributed by atoms with Crippen molar-refractivity contribution in [3.05, 3.63) is 66.7 Å². The summed E-state index contributed by atoms with van der Waals surface area (Å²) in [7, 11) is -1.07. The number of nitrogens with one attached hydrogen (secondary N) is 1. The fourth-order valence-corrected chi connectivity index (χ4v) is 5.11. The lowest BCUT2D eigenvalue weighted by Crippen LogP contribution is -2.33. The Hall–Kier alpha value is -2.93. The SMILES string of the molecule is CN(c1cc(Nc2ccccc2)nc(-c2ccccc2)n1)C1CCS(=O)(=O)C1. The van der Waals surface area contributed by atoms with Crippen molar-refractivity contribution >= 4 is 27.2 Å². The molecule has 2 heterocycles. The Bertz CT molecular complexity index is 1060. The monoisotopic (exact) mass is 394 g/mol. The second-order valence-electron chi connectivity index (χ2n) is 6.96. The molecule has 1 aliphatic heterocycles. The van der Waals surface area contributed by atoms with Crippen LogP contribution >= 0.6 is 0 Å². The van der Waals surface area contributed by atoms with E-state index in [1.807, 2.05) is 78.7 Å². The van der Waals surface area contributed by atoms with Crippen molar-refractivity contribution in [3.63, 3.8) is 0 Å². The zero-order valence-corrected chi connectivity index (χ0v) is 16.4. The van der Waals surface area contributed by atoms with Gasteiger partial charge in [-0.2, -0.15) is 0 Å². The number of para-hydroxylation sites is 1. The Balaban J connectivity index is 1.71. The van der Waals surface area contributed by atoms with Crippen LogP contribution in [0.4, 0.5) is 17.3 Å². The van der Waals surface area contributed by atoms with Crippen molar-refractivity contribution in [1.82, 2.24) is 9.97 Å². The van der Waals surface area contributed by atoms with Gasteiger partial charge in [-0.3, -0.25) is 0 Å². The molecule has 0 amide bonds. The van der Waals surface area contributed by atoms with Crippen LogP contribution in [0.5, 0.6) is 0 Å². The lowest BCUT2D eigenvalue weighted by molar-refractivity contribution is 0.600. The van der Waals surface area contributed by atoms with Crippen LogP contribution in [-0.2, 0) is 9.84 Å². The van der Waals surface area contributed by atoms with E-state index in [4.69, 9.17) is 4.98 Å². The molecular formula is C21H22N4O2S. The van der Waals surface area contributed by atoms with Crippen LogP contribution in [-0.4, -0.2) is 43.0 Å². The predicted molar refractivity (Wildman–Crippen MR) is 113 cm³/mol. The lowest BCUT2D eigenvalue weighted by atomic mass is 10.2. The maximum absolute atomic E-state index is 11.9. The smallest absolute Gasteiger partial charge is 0.163 e. The average molecular weight is 395 g/mol. The number of benzene rings is 2. The van der Waals surface area contributed by atoms with Gasteiger partial charge in [0, 0.05) is 30.4 Å². The molecule has 0 bridgehead atoms. The molecule has 0 saturated carbocycles. The molecule has 1 N–H and O–H groups in total. The van der Waals surface area contributed by atoms with Crippen molar-refractivity contribution in [1.29, 1.82) is 0 Å². The van der Waals surface area contributed by atoms with E-state index in [0.29, 0.717) is 23.9 Å². The normalized spacial score (nSPS) is 18.0. The summed E-state index contributed by atoms with van der Waals surface area (Å²) in [4.78, 5) is 11.3. The molecule has 1 unspecified atom stereocenters. The molecule has 1 saturated heterocycles. The number of hydrogen-bond acceptors (Lipinski definition) is 6. The Morgan fingerprint density at radius 2 is 1.68 bits per heavy atom. The Morgan fingerprint density at radius 1 is 1.00 bits per heavy atom. The fourth-order valence-electron chi connectivity index (χ4n) is 3.33. The van der Waals surface area contributed by atoms with Crippen LogP contribution in [0.2, 0.25) is 0 Å².